The van der Waals surface area contributed by atoms with Crippen molar-refractivity contribution in [2.45, 2.75) is 6.92 Å². The highest BCUT2D eigenvalue weighted by Gasteiger charge is 2.09. The van der Waals surface area contributed by atoms with Crippen LogP contribution in [0.4, 0.5) is 5.69 Å². The fourth-order valence-electron chi connectivity index (χ4n) is 1.87. The first-order valence-corrected chi connectivity index (χ1v) is 6.30. The van der Waals surface area contributed by atoms with E-state index in [0.717, 1.165) is 11.3 Å². The van der Waals surface area contributed by atoms with Crippen LogP contribution in [0, 0.1) is 6.92 Å². The second-order valence-electron chi connectivity index (χ2n) is 4.48. The summed E-state index contributed by atoms with van der Waals surface area (Å²) < 4.78 is 0. The average Bonchev–Trinajstić information content (AvgIpc) is 2.46. The first-order chi connectivity index (χ1) is 9.60. The molecule has 0 aliphatic rings. The largest absolute Gasteiger partial charge is 0.355 e. The second-order valence-corrected chi connectivity index (χ2v) is 4.48. The third kappa shape index (κ3) is 3.23. The van der Waals surface area contributed by atoms with Crippen LogP contribution in [-0.4, -0.2) is 18.9 Å². The van der Waals surface area contributed by atoms with Crippen molar-refractivity contribution in [3.05, 3.63) is 65.2 Å². The highest BCUT2D eigenvalue weighted by molar-refractivity contribution is 6.06. The highest BCUT2D eigenvalue weighted by Crippen LogP contribution is 2.12. The van der Waals surface area contributed by atoms with Crippen molar-refractivity contribution >= 4 is 17.5 Å². The molecule has 2 rings (SSSR count). The van der Waals surface area contributed by atoms with Gasteiger partial charge in [-0.2, -0.15) is 0 Å². The summed E-state index contributed by atoms with van der Waals surface area (Å²) in [5, 5.41) is 5.35. The molecule has 2 aromatic rings. The second kappa shape index (κ2) is 6.02. The molecule has 0 saturated heterocycles. The molecular weight excluding hydrogens is 252 g/mol. The molecule has 0 atom stereocenters. The molecule has 0 fully saturated rings. The van der Waals surface area contributed by atoms with E-state index in [1.54, 1.807) is 31.3 Å². The third-order valence-electron chi connectivity index (χ3n) is 2.89. The molecule has 0 aliphatic carbocycles. The maximum atomic E-state index is 12.1. The van der Waals surface area contributed by atoms with Gasteiger partial charge in [0, 0.05) is 23.9 Å². The van der Waals surface area contributed by atoms with Crippen LogP contribution >= 0.6 is 0 Å². The Morgan fingerprint density at radius 1 is 0.900 bits per heavy atom. The van der Waals surface area contributed by atoms with E-state index in [1.165, 1.54) is 0 Å². The molecule has 2 aromatic carbocycles. The topological polar surface area (TPSA) is 58.2 Å². The summed E-state index contributed by atoms with van der Waals surface area (Å²) in [6.45, 7) is 1.96. The summed E-state index contributed by atoms with van der Waals surface area (Å²) in [6, 6.07) is 14.2. The minimum atomic E-state index is -0.235. The quantitative estimate of drug-likeness (QED) is 0.899. The Bertz CT molecular complexity index is 650. The highest BCUT2D eigenvalue weighted by atomic mass is 16.2. The summed E-state index contributed by atoms with van der Waals surface area (Å²) in [5.41, 5.74) is 2.72. The van der Waals surface area contributed by atoms with Gasteiger partial charge in [-0.25, -0.2) is 0 Å². The van der Waals surface area contributed by atoms with Crippen molar-refractivity contribution in [1.29, 1.82) is 0 Å². The lowest BCUT2D eigenvalue weighted by molar-refractivity contribution is 0.0963. The molecule has 0 unspecified atom stereocenters. The summed E-state index contributed by atoms with van der Waals surface area (Å²) in [5.74, 6) is -0.448. The van der Waals surface area contributed by atoms with Crippen molar-refractivity contribution < 1.29 is 9.59 Å². The molecule has 0 spiro atoms. The molecule has 102 valence electrons. The number of nitrogens with one attached hydrogen (secondary N) is 2. The molecule has 0 heterocycles. The molecule has 0 radical (unpaired) electrons. The number of carbonyl (C=O) groups is 2. The van der Waals surface area contributed by atoms with Crippen molar-refractivity contribution in [3.63, 3.8) is 0 Å². The Hall–Kier alpha value is -2.62. The van der Waals surface area contributed by atoms with Crippen LogP contribution in [0.2, 0.25) is 0 Å². The lowest BCUT2D eigenvalue weighted by atomic mass is 10.1. The standard InChI is InChI=1S/C16H16N2O2/c1-11-5-3-8-14(9-11)18-16(20)13-7-4-6-12(10-13)15(19)17-2/h3-10H,1-2H3,(H,17,19)(H,18,20). The predicted octanol–water partition coefficient (Wildman–Crippen LogP) is 2.61. The van der Waals surface area contributed by atoms with Gasteiger partial charge in [-0.1, -0.05) is 18.2 Å². The average molecular weight is 268 g/mol. The van der Waals surface area contributed by atoms with E-state index in [9.17, 15) is 9.59 Å². The Balaban J connectivity index is 2.19. The van der Waals surface area contributed by atoms with Crippen LogP contribution in [0.25, 0.3) is 0 Å². The zero-order valence-electron chi connectivity index (χ0n) is 11.4. The van der Waals surface area contributed by atoms with Crippen LogP contribution in [0.3, 0.4) is 0 Å². The van der Waals surface area contributed by atoms with Gasteiger partial charge in [-0.05, 0) is 42.8 Å². The molecule has 4 nitrogen and oxygen atoms in total. The van der Waals surface area contributed by atoms with Crippen molar-refractivity contribution in [2.75, 3.05) is 12.4 Å². The SMILES string of the molecule is CNC(=O)c1cccc(C(=O)Nc2cccc(C)c2)c1. The maximum absolute atomic E-state index is 12.1. The number of aryl methyl sites for hydroxylation is 1. The minimum Gasteiger partial charge on any atom is -0.355 e. The molecule has 0 bridgehead atoms. The van der Waals surface area contributed by atoms with Crippen molar-refractivity contribution in [1.82, 2.24) is 5.32 Å². The number of carbonyl (C=O) groups excluding carboxylic acids is 2. The fraction of sp³-hybridized carbons (Fsp3) is 0.125. The van der Waals surface area contributed by atoms with E-state index < -0.39 is 0 Å². The maximum Gasteiger partial charge on any atom is 0.255 e. The van der Waals surface area contributed by atoms with Gasteiger partial charge < -0.3 is 10.6 Å². The molecule has 4 heteroatoms. The first-order valence-electron chi connectivity index (χ1n) is 6.30. The van der Waals surface area contributed by atoms with Gasteiger partial charge in [0.1, 0.15) is 0 Å². The van der Waals surface area contributed by atoms with E-state index in [1.807, 2.05) is 31.2 Å². The fourth-order valence-corrected chi connectivity index (χ4v) is 1.87. The monoisotopic (exact) mass is 268 g/mol. The van der Waals surface area contributed by atoms with Gasteiger partial charge in [-0.15, -0.1) is 0 Å². The summed E-state index contributed by atoms with van der Waals surface area (Å²) >= 11 is 0. The van der Waals surface area contributed by atoms with E-state index in [2.05, 4.69) is 10.6 Å². The number of hydrogen-bond acceptors (Lipinski definition) is 2. The van der Waals surface area contributed by atoms with Crippen LogP contribution in [0.15, 0.2) is 48.5 Å². The molecule has 2 N–H and O–H groups in total. The van der Waals surface area contributed by atoms with Crippen molar-refractivity contribution in [3.8, 4) is 0 Å². The minimum absolute atomic E-state index is 0.213. The van der Waals surface area contributed by atoms with E-state index >= 15 is 0 Å². The molecule has 0 saturated carbocycles. The number of anilines is 1. The van der Waals surface area contributed by atoms with E-state index in [4.69, 9.17) is 0 Å². The van der Waals surface area contributed by atoms with Gasteiger partial charge in [0.15, 0.2) is 0 Å². The number of benzene rings is 2. The summed E-state index contributed by atoms with van der Waals surface area (Å²) in [7, 11) is 1.56. The smallest absolute Gasteiger partial charge is 0.255 e. The summed E-state index contributed by atoms with van der Waals surface area (Å²) in [6.07, 6.45) is 0. The van der Waals surface area contributed by atoms with Gasteiger partial charge in [0.2, 0.25) is 0 Å². The van der Waals surface area contributed by atoms with E-state index in [0.29, 0.717) is 11.1 Å². The normalized spacial score (nSPS) is 9.90. The van der Waals surface area contributed by atoms with Crippen LogP contribution in [-0.2, 0) is 0 Å². The number of amides is 2. The Morgan fingerprint density at radius 2 is 1.55 bits per heavy atom. The third-order valence-corrected chi connectivity index (χ3v) is 2.89. The van der Waals surface area contributed by atoms with Crippen LogP contribution in [0.5, 0.6) is 0 Å². The Labute approximate surface area is 117 Å². The van der Waals surface area contributed by atoms with Crippen molar-refractivity contribution in [2.24, 2.45) is 0 Å². The molecule has 20 heavy (non-hydrogen) atoms. The zero-order valence-corrected chi connectivity index (χ0v) is 11.4. The Kier molecular flexibility index (Phi) is 4.15. The zero-order chi connectivity index (χ0) is 14.5. The Morgan fingerprint density at radius 3 is 2.20 bits per heavy atom. The number of hydrogen-bond donors (Lipinski definition) is 2. The van der Waals surface area contributed by atoms with Gasteiger partial charge >= 0.3 is 0 Å². The first kappa shape index (κ1) is 13.8. The predicted molar refractivity (Wildman–Crippen MR) is 79.0 cm³/mol. The van der Waals surface area contributed by atoms with Crippen LogP contribution in [0.1, 0.15) is 26.3 Å². The van der Waals surface area contributed by atoms with E-state index in [-0.39, 0.29) is 11.8 Å². The molecular formula is C16H16N2O2. The van der Waals surface area contributed by atoms with Crippen LogP contribution < -0.4 is 10.6 Å². The molecule has 0 aliphatic heterocycles. The molecule has 2 amide bonds. The molecule has 0 aromatic heterocycles. The number of rotatable bonds is 3. The van der Waals surface area contributed by atoms with Gasteiger partial charge in [-0.3, -0.25) is 9.59 Å². The lowest BCUT2D eigenvalue weighted by Gasteiger charge is -2.07. The van der Waals surface area contributed by atoms with Gasteiger partial charge in [0.25, 0.3) is 11.8 Å². The lowest BCUT2D eigenvalue weighted by Crippen LogP contribution is -2.19. The summed E-state index contributed by atoms with van der Waals surface area (Å²) in [4.78, 5) is 23.7. The van der Waals surface area contributed by atoms with Gasteiger partial charge in [0.05, 0.1) is 0 Å².